The molecule has 1 heterocycles. The summed E-state index contributed by atoms with van der Waals surface area (Å²) in [4.78, 5) is 1.65. The summed E-state index contributed by atoms with van der Waals surface area (Å²) < 4.78 is 36.1. The first-order valence-corrected chi connectivity index (χ1v) is 6.47. The van der Waals surface area contributed by atoms with Crippen molar-refractivity contribution in [2.45, 2.75) is 31.2 Å². The number of alkyl halides is 3. The van der Waals surface area contributed by atoms with Gasteiger partial charge in [-0.05, 0) is 24.1 Å². The van der Waals surface area contributed by atoms with Crippen LogP contribution < -0.4 is 0 Å². The van der Waals surface area contributed by atoms with Crippen LogP contribution in [0, 0.1) is 0 Å². The van der Waals surface area contributed by atoms with Gasteiger partial charge in [0.05, 0.1) is 0 Å². The van der Waals surface area contributed by atoms with Crippen molar-refractivity contribution in [3.63, 3.8) is 0 Å². The molecule has 2 nitrogen and oxygen atoms in total. The molecule has 0 radical (unpaired) electrons. The molecule has 1 unspecified atom stereocenters. The molecule has 19 heavy (non-hydrogen) atoms. The lowest BCUT2D eigenvalue weighted by atomic mass is 9.91. The van der Waals surface area contributed by atoms with Gasteiger partial charge in [0.1, 0.15) is 6.23 Å². The normalized spacial score (nSPS) is 19.2. The van der Waals surface area contributed by atoms with Gasteiger partial charge >= 0.3 is 6.18 Å². The Labute approximate surface area is 114 Å². The van der Waals surface area contributed by atoms with Crippen molar-refractivity contribution in [2.24, 2.45) is 0 Å². The summed E-state index contributed by atoms with van der Waals surface area (Å²) >= 11 is 5.88. The Hall–Kier alpha value is -0.780. The molecule has 0 aliphatic carbocycles. The number of halogens is 4. The average Bonchev–Trinajstić information content (AvgIpc) is 2.23. The minimum absolute atomic E-state index is 0.235. The molecule has 0 saturated carbocycles. The highest BCUT2D eigenvalue weighted by Crippen LogP contribution is 2.31. The predicted molar refractivity (Wildman–Crippen MR) is 67.1 cm³/mol. The quantitative estimate of drug-likeness (QED) is 0.920. The first-order valence-electron chi connectivity index (χ1n) is 6.09. The van der Waals surface area contributed by atoms with Crippen LogP contribution in [-0.4, -0.2) is 35.5 Å². The Morgan fingerprint density at radius 2 is 2.05 bits per heavy atom. The van der Waals surface area contributed by atoms with E-state index in [1.54, 1.807) is 11.0 Å². The molecule has 0 bridgehead atoms. The van der Waals surface area contributed by atoms with Crippen molar-refractivity contribution < 1.29 is 18.3 Å². The molecule has 0 amide bonds. The van der Waals surface area contributed by atoms with Crippen LogP contribution >= 0.6 is 11.6 Å². The Balaban J connectivity index is 1.79. The summed E-state index contributed by atoms with van der Waals surface area (Å²) in [5.41, 5.74) is 1.06. The first kappa shape index (κ1) is 14.6. The second-order valence-electron chi connectivity index (χ2n) is 4.84. The predicted octanol–water partition coefficient (Wildman–Crippen LogP) is 3.40. The molecular weight excluding hydrogens is 279 g/mol. The van der Waals surface area contributed by atoms with Crippen LogP contribution in [0.4, 0.5) is 13.2 Å². The lowest BCUT2D eigenvalue weighted by molar-refractivity contribution is -0.150. The zero-order valence-corrected chi connectivity index (χ0v) is 11.0. The van der Waals surface area contributed by atoms with E-state index in [4.69, 9.17) is 11.6 Å². The third-order valence-corrected chi connectivity index (χ3v) is 3.57. The molecule has 1 aliphatic heterocycles. The van der Waals surface area contributed by atoms with Crippen molar-refractivity contribution in [3.05, 3.63) is 34.9 Å². The molecule has 1 saturated heterocycles. The number of benzene rings is 1. The first-order chi connectivity index (χ1) is 8.85. The van der Waals surface area contributed by atoms with E-state index in [1.807, 2.05) is 18.2 Å². The third kappa shape index (κ3) is 4.09. The summed E-state index contributed by atoms with van der Waals surface area (Å²) in [5.74, 6) is 0.235. The molecule has 1 aromatic carbocycles. The summed E-state index contributed by atoms with van der Waals surface area (Å²) in [6, 6.07) is 7.42. The van der Waals surface area contributed by atoms with Crippen LogP contribution in [0.2, 0.25) is 5.02 Å². The van der Waals surface area contributed by atoms with E-state index in [0.717, 1.165) is 5.56 Å². The fourth-order valence-electron chi connectivity index (χ4n) is 2.20. The van der Waals surface area contributed by atoms with Gasteiger partial charge in [0, 0.05) is 30.5 Å². The van der Waals surface area contributed by atoms with E-state index in [1.165, 1.54) is 0 Å². The summed E-state index contributed by atoms with van der Waals surface area (Å²) in [6.07, 6.45) is -6.45. The van der Waals surface area contributed by atoms with E-state index in [2.05, 4.69) is 0 Å². The van der Waals surface area contributed by atoms with Gasteiger partial charge in [0.25, 0.3) is 0 Å². The monoisotopic (exact) mass is 293 g/mol. The molecular formula is C13H15ClF3NO. The average molecular weight is 294 g/mol. The topological polar surface area (TPSA) is 23.5 Å². The molecule has 1 N–H and O–H groups in total. The van der Waals surface area contributed by atoms with E-state index in [0.29, 0.717) is 18.1 Å². The van der Waals surface area contributed by atoms with Crippen molar-refractivity contribution in [1.82, 2.24) is 4.90 Å². The Bertz CT molecular complexity index is 432. The van der Waals surface area contributed by atoms with Crippen molar-refractivity contribution >= 4 is 11.6 Å². The highest BCUT2D eigenvalue weighted by molar-refractivity contribution is 6.30. The summed E-state index contributed by atoms with van der Waals surface area (Å²) in [6.45, 7) is 1.14. The molecule has 0 spiro atoms. The van der Waals surface area contributed by atoms with Crippen molar-refractivity contribution in [3.8, 4) is 0 Å². The van der Waals surface area contributed by atoms with Gasteiger partial charge in [-0.25, -0.2) is 0 Å². The van der Waals surface area contributed by atoms with Crippen LogP contribution in [0.1, 0.15) is 24.3 Å². The molecule has 6 heteroatoms. The standard InChI is InChI=1S/C13H15ClF3NO/c14-11-3-1-2-9(6-11)10-7-18(8-10)12(19)4-5-13(15,16)17/h1-3,6,10,12,19H,4-5,7-8H2. The maximum Gasteiger partial charge on any atom is 0.389 e. The van der Waals surface area contributed by atoms with Crippen LogP contribution in [0.3, 0.4) is 0 Å². The lowest BCUT2D eigenvalue weighted by Gasteiger charge is -2.42. The fraction of sp³-hybridized carbons (Fsp3) is 0.538. The van der Waals surface area contributed by atoms with Crippen LogP contribution in [0.25, 0.3) is 0 Å². The van der Waals surface area contributed by atoms with Gasteiger partial charge in [-0.1, -0.05) is 23.7 Å². The van der Waals surface area contributed by atoms with Crippen LogP contribution in [0.15, 0.2) is 24.3 Å². The second kappa shape index (κ2) is 5.69. The number of hydrogen-bond donors (Lipinski definition) is 1. The minimum Gasteiger partial charge on any atom is -0.378 e. The van der Waals surface area contributed by atoms with E-state index in [9.17, 15) is 18.3 Å². The van der Waals surface area contributed by atoms with Gasteiger partial charge in [-0.15, -0.1) is 0 Å². The van der Waals surface area contributed by atoms with Crippen LogP contribution in [-0.2, 0) is 0 Å². The SMILES string of the molecule is OC(CCC(F)(F)F)N1CC(c2cccc(Cl)c2)C1. The van der Waals surface area contributed by atoms with E-state index >= 15 is 0 Å². The highest BCUT2D eigenvalue weighted by Gasteiger charge is 2.35. The summed E-state index contributed by atoms with van der Waals surface area (Å²) in [7, 11) is 0. The largest absolute Gasteiger partial charge is 0.389 e. The molecule has 1 atom stereocenters. The number of likely N-dealkylation sites (tertiary alicyclic amines) is 1. The molecule has 1 aliphatic rings. The van der Waals surface area contributed by atoms with E-state index < -0.39 is 18.8 Å². The van der Waals surface area contributed by atoms with Gasteiger partial charge in [0.15, 0.2) is 0 Å². The van der Waals surface area contributed by atoms with Gasteiger partial charge in [-0.3, -0.25) is 4.90 Å². The molecule has 1 fully saturated rings. The van der Waals surface area contributed by atoms with Crippen molar-refractivity contribution in [2.75, 3.05) is 13.1 Å². The lowest BCUT2D eigenvalue weighted by Crippen LogP contribution is -2.50. The zero-order chi connectivity index (χ0) is 14.0. The summed E-state index contributed by atoms with van der Waals surface area (Å²) in [5, 5.41) is 10.3. The second-order valence-corrected chi connectivity index (χ2v) is 5.28. The molecule has 2 rings (SSSR count). The number of rotatable bonds is 4. The van der Waals surface area contributed by atoms with Gasteiger partial charge in [-0.2, -0.15) is 13.2 Å². The smallest absolute Gasteiger partial charge is 0.378 e. The Morgan fingerprint density at radius 1 is 1.37 bits per heavy atom. The van der Waals surface area contributed by atoms with Crippen LogP contribution in [0.5, 0.6) is 0 Å². The fourth-order valence-corrected chi connectivity index (χ4v) is 2.40. The van der Waals surface area contributed by atoms with Crippen molar-refractivity contribution in [1.29, 1.82) is 0 Å². The third-order valence-electron chi connectivity index (χ3n) is 3.34. The maximum atomic E-state index is 12.0. The number of aliphatic hydroxyl groups excluding tert-OH is 1. The van der Waals surface area contributed by atoms with Gasteiger partial charge in [0.2, 0.25) is 0 Å². The molecule has 1 aromatic rings. The van der Waals surface area contributed by atoms with E-state index in [-0.39, 0.29) is 12.3 Å². The van der Waals surface area contributed by atoms with Gasteiger partial charge < -0.3 is 5.11 Å². The number of aliphatic hydroxyl groups is 1. The molecule has 106 valence electrons. The zero-order valence-electron chi connectivity index (χ0n) is 10.2. The number of nitrogens with zero attached hydrogens (tertiary/aromatic N) is 1. The Morgan fingerprint density at radius 3 is 2.63 bits per heavy atom. The highest BCUT2D eigenvalue weighted by atomic mass is 35.5. The number of hydrogen-bond acceptors (Lipinski definition) is 2. The molecule has 0 aromatic heterocycles. The maximum absolute atomic E-state index is 12.0. The minimum atomic E-state index is -4.21. The Kier molecular flexibility index (Phi) is 4.38.